The zero-order valence-electron chi connectivity index (χ0n) is 13.3. The van der Waals surface area contributed by atoms with Gasteiger partial charge in [-0.25, -0.2) is 0 Å². The second-order valence-corrected chi connectivity index (χ2v) is 6.47. The second kappa shape index (κ2) is 7.16. The van der Waals surface area contributed by atoms with Crippen molar-refractivity contribution >= 4 is 23.0 Å². The highest BCUT2D eigenvalue weighted by molar-refractivity contribution is 7.80. The lowest BCUT2D eigenvalue weighted by molar-refractivity contribution is 0.358. The fraction of sp³-hybridized carbons (Fsp3) is 0.688. The molecule has 2 atom stereocenters. The van der Waals surface area contributed by atoms with Crippen molar-refractivity contribution in [1.29, 1.82) is 0 Å². The van der Waals surface area contributed by atoms with Crippen LogP contribution in [0.5, 0.6) is 0 Å². The Balaban J connectivity index is 2.32. The van der Waals surface area contributed by atoms with E-state index in [4.69, 9.17) is 18.0 Å². The van der Waals surface area contributed by atoms with Crippen LogP contribution in [0.25, 0.3) is 0 Å². The molecule has 0 amide bonds. The molecular weight excluding hydrogens is 280 g/mol. The van der Waals surface area contributed by atoms with Crippen molar-refractivity contribution in [3.8, 4) is 0 Å². The number of thiocarbonyl (C=S) groups is 1. The Bertz CT molecular complexity index is 515. The maximum atomic E-state index is 5.97. The van der Waals surface area contributed by atoms with Gasteiger partial charge in [-0.15, -0.1) is 5.10 Å². The van der Waals surface area contributed by atoms with E-state index in [1.165, 1.54) is 25.7 Å². The Morgan fingerprint density at radius 2 is 2.05 bits per heavy atom. The summed E-state index contributed by atoms with van der Waals surface area (Å²) in [6.07, 6.45) is 6.67. The lowest BCUT2D eigenvalue weighted by Gasteiger charge is -2.28. The average molecular weight is 306 g/mol. The fourth-order valence-corrected chi connectivity index (χ4v) is 3.52. The van der Waals surface area contributed by atoms with Crippen molar-refractivity contribution in [2.75, 3.05) is 5.32 Å². The van der Waals surface area contributed by atoms with Crippen LogP contribution in [0.4, 0.5) is 5.82 Å². The molecule has 1 aliphatic carbocycles. The Kier molecular flexibility index (Phi) is 5.51. The molecule has 116 valence electrons. The van der Waals surface area contributed by atoms with Crippen molar-refractivity contribution in [1.82, 2.24) is 10.2 Å². The third-order valence-corrected chi connectivity index (χ3v) is 4.57. The molecule has 4 nitrogen and oxygen atoms in total. The molecule has 2 rings (SSSR count). The van der Waals surface area contributed by atoms with Gasteiger partial charge in [-0.2, -0.15) is 5.10 Å². The molecule has 3 N–H and O–H groups in total. The third kappa shape index (κ3) is 3.70. The van der Waals surface area contributed by atoms with Crippen molar-refractivity contribution in [3.63, 3.8) is 0 Å². The summed E-state index contributed by atoms with van der Waals surface area (Å²) in [4.78, 5) is 0.419. The molecule has 0 aromatic carbocycles. The summed E-state index contributed by atoms with van der Waals surface area (Å²) in [7, 11) is 0. The number of nitrogens with zero attached hydrogens (tertiary/aromatic N) is 2. The number of hydrogen-bond acceptors (Lipinski definition) is 4. The Morgan fingerprint density at radius 3 is 2.62 bits per heavy atom. The summed E-state index contributed by atoms with van der Waals surface area (Å²) >= 11 is 5.27. The lowest BCUT2D eigenvalue weighted by atomic mass is 9.87. The number of nitrogens with one attached hydrogen (secondary N) is 1. The van der Waals surface area contributed by atoms with Crippen molar-refractivity contribution in [3.05, 3.63) is 16.8 Å². The normalized spacial score (nSPS) is 22.0. The largest absolute Gasteiger partial charge is 0.389 e. The van der Waals surface area contributed by atoms with Crippen LogP contribution in [0.15, 0.2) is 0 Å². The number of hydrogen-bond donors (Lipinski definition) is 2. The van der Waals surface area contributed by atoms with Gasteiger partial charge in [-0.1, -0.05) is 45.8 Å². The van der Waals surface area contributed by atoms with Crippen LogP contribution in [0.2, 0.25) is 0 Å². The van der Waals surface area contributed by atoms with Gasteiger partial charge in [-0.05, 0) is 37.2 Å². The minimum Gasteiger partial charge on any atom is -0.389 e. The first-order valence-electron chi connectivity index (χ1n) is 8.01. The van der Waals surface area contributed by atoms with E-state index in [-0.39, 0.29) is 0 Å². The third-order valence-electron chi connectivity index (χ3n) is 4.37. The lowest BCUT2D eigenvalue weighted by Crippen LogP contribution is -2.29. The minimum atomic E-state index is 0.419. The molecule has 1 heterocycles. The average Bonchev–Trinajstić information content (AvgIpc) is 2.46. The van der Waals surface area contributed by atoms with Crippen LogP contribution in [0, 0.1) is 5.92 Å². The van der Waals surface area contributed by atoms with E-state index in [1.807, 2.05) is 0 Å². The van der Waals surface area contributed by atoms with Gasteiger partial charge in [0.25, 0.3) is 0 Å². The summed E-state index contributed by atoms with van der Waals surface area (Å²) in [6, 6.07) is 0.452. The molecule has 1 fully saturated rings. The first-order chi connectivity index (χ1) is 10.1. The summed E-state index contributed by atoms with van der Waals surface area (Å²) in [6.45, 7) is 6.51. The van der Waals surface area contributed by atoms with Crippen molar-refractivity contribution in [2.24, 2.45) is 11.7 Å². The summed E-state index contributed by atoms with van der Waals surface area (Å²) in [5.74, 6) is 1.54. The van der Waals surface area contributed by atoms with Crippen LogP contribution < -0.4 is 11.1 Å². The zero-order chi connectivity index (χ0) is 15.4. The van der Waals surface area contributed by atoms with Crippen molar-refractivity contribution in [2.45, 2.75) is 65.3 Å². The number of nitrogens with two attached hydrogens (primary N) is 1. The SMILES string of the molecule is CCc1nnc(NC2CCCC(C)C2)c(C(N)=S)c1CC. The smallest absolute Gasteiger partial charge is 0.159 e. The molecule has 2 unspecified atom stereocenters. The number of aromatic nitrogens is 2. The molecule has 5 heteroatoms. The van der Waals surface area contributed by atoms with Crippen LogP contribution in [-0.2, 0) is 12.8 Å². The highest BCUT2D eigenvalue weighted by atomic mass is 32.1. The Hall–Kier alpha value is -1.23. The van der Waals surface area contributed by atoms with Crippen LogP contribution >= 0.6 is 12.2 Å². The first-order valence-corrected chi connectivity index (χ1v) is 8.42. The van der Waals surface area contributed by atoms with Crippen LogP contribution in [-0.4, -0.2) is 21.2 Å². The zero-order valence-corrected chi connectivity index (χ0v) is 14.1. The molecule has 21 heavy (non-hydrogen) atoms. The van der Waals surface area contributed by atoms with Gasteiger partial charge in [0.1, 0.15) is 4.99 Å². The van der Waals surface area contributed by atoms with E-state index in [0.717, 1.165) is 41.4 Å². The first kappa shape index (κ1) is 16.1. The number of rotatable bonds is 5. The van der Waals surface area contributed by atoms with E-state index < -0.39 is 0 Å². The fourth-order valence-electron chi connectivity index (χ4n) is 3.30. The molecular formula is C16H26N4S. The van der Waals surface area contributed by atoms with Gasteiger partial charge in [0, 0.05) is 6.04 Å². The molecule has 1 saturated carbocycles. The highest BCUT2D eigenvalue weighted by Crippen LogP contribution is 2.28. The molecule has 1 aromatic rings. The topological polar surface area (TPSA) is 63.8 Å². The van der Waals surface area contributed by atoms with Crippen LogP contribution in [0.1, 0.15) is 63.3 Å². The molecule has 1 aliphatic rings. The summed E-state index contributed by atoms with van der Waals surface area (Å²) in [5.41, 5.74) is 9.02. The summed E-state index contributed by atoms with van der Waals surface area (Å²) in [5, 5.41) is 12.3. The predicted octanol–water partition coefficient (Wildman–Crippen LogP) is 3.23. The standard InChI is InChI=1S/C16H26N4S/c1-4-12-13(5-2)19-20-16(14(12)15(17)21)18-11-8-6-7-10(3)9-11/h10-11H,4-9H2,1-3H3,(H2,17,21)(H,18,20). The van der Waals surface area contributed by atoms with Gasteiger partial charge >= 0.3 is 0 Å². The van der Waals surface area contributed by atoms with Gasteiger partial charge < -0.3 is 11.1 Å². The second-order valence-electron chi connectivity index (χ2n) is 6.03. The quantitative estimate of drug-likeness (QED) is 0.818. The number of aryl methyl sites for hydroxylation is 1. The molecule has 0 radical (unpaired) electrons. The molecule has 0 spiro atoms. The minimum absolute atomic E-state index is 0.419. The number of anilines is 1. The van der Waals surface area contributed by atoms with Gasteiger partial charge in [0.15, 0.2) is 5.82 Å². The van der Waals surface area contributed by atoms with E-state index in [2.05, 4.69) is 36.3 Å². The summed E-state index contributed by atoms with van der Waals surface area (Å²) < 4.78 is 0. The van der Waals surface area contributed by atoms with Gasteiger partial charge in [0.2, 0.25) is 0 Å². The molecule has 1 aromatic heterocycles. The van der Waals surface area contributed by atoms with Gasteiger partial charge in [-0.3, -0.25) is 0 Å². The molecule has 0 bridgehead atoms. The van der Waals surface area contributed by atoms with Gasteiger partial charge in [0.05, 0.1) is 11.3 Å². The van der Waals surface area contributed by atoms with E-state index in [0.29, 0.717) is 11.0 Å². The maximum absolute atomic E-state index is 5.97. The van der Waals surface area contributed by atoms with E-state index in [9.17, 15) is 0 Å². The van der Waals surface area contributed by atoms with E-state index >= 15 is 0 Å². The Morgan fingerprint density at radius 1 is 1.29 bits per heavy atom. The predicted molar refractivity (Wildman–Crippen MR) is 91.7 cm³/mol. The van der Waals surface area contributed by atoms with E-state index in [1.54, 1.807) is 0 Å². The van der Waals surface area contributed by atoms with Crippen LogP contribution in [0.3, 0.4) is 0 Å². The molecule has 0 saturated heterocycles. The highest BCUT2D eigenvalue weighted by Gasteiger charge is 2.22. The molecule has 0 aliphatic heterocycles. The monoisotopic (exact) mass is 306 g/mol. The maximum Gasteiger partial charge on any atom is 0.159 e. The Labute approximate surface area is 132 Å². The van der Waals surface area contributed by atoms with Crippen molar-refractivity contribution < 1.29 is 0 Å².